The van der Waals surface area contributed by atoms with Gasteiger partial charge in [0.25, 0.3) is 5.91 Å². The van der Waals surface area contributed by atoms with Crippen LogP contribution in [0.3, 0.4) is 0 Å². The van der Waals surface area contributed by atoms with E-state index in [0.29, 0.717) is 39.5 Å². The fourth-order valence-corrected chi connectivity index (χ4v) is 3.75. The van der Waals surface area contributed by atoms with Gasteiger partial charge in [0.15, 0.2) is 11.5 Å². The van der Waals surface area contributed by atoms with Crippen LogP contribution in [-0.4, -0.2) is 18.9 Å². The van der Waals surface area contributed by atoms with Crippen molar-refractivity contribution in [3.05, 3.63) is 85.8 Å². The van der Waals surface area contributed by atoms with Crippen LogP contribution in [0.25, 0.3) is 0 Å². The molecule has 3 aromatic carbocycles. The predicted molar refractivity (Wildman–Crippen MR) is 123 cm³/mol. The molecule has 1 N–H and O–H groups in total. The molecule has 0 atom stereocenters. The summed E-state index contributed by atoms with van der Waals surface area (Å²) in [4.78, 5) is 12.3. The Morgan fingerprint density at radius 2 is 1.94 bits per heavy atom. The molecule has 0 fully saturated rings. The van der Waals surface area contributed by atoms with Crippen LogP contribution < -0.4 is 19.6 Å². The van der Waals surface area contributed by atoms with Crippen molar-refractivity contribution in [2.75, 3.05) is 6.79 Å². The molecule has 0 aliphatic carbocycles. The number of carbonyl (C=O) groups is 1. The number of benzene rings is 3. The maximum atomic E-state index is 12.3. The zero-order valence-corrected chi connectivity index (χ0v) is 19.0. The van der Waals surface area contributed by atoms with Crippen molar-refractivity contribution >= 4 is 51.3 Å². The Balaban J connectivity index is 1.35. The summed E-state index contributed by atoms with van der Waals surface area (Å²) in [5.74, 6) is 1.45. The van der Waals surface area contributed by atoms with Gasteiger partial charge in [0.2, 0.25) is 6.79 Å². The molecule has 158 valence electrons. The van der Waals surface area contributed by atoms with Crippen molar-refractivity contribution in [2.45, 2.75) is 6.61 Å². The molecule has 0 saturated carbocycles. The molecular weight excluding hydrogens is 507 g/mol. The number of halogens is 3. The molecule has 0 unspecified atom stereocenters. The Kier molecular flexibility index (Phi) is 6.65. The van der Waals surface area contributed by atoms with Crippen molar-refractivity contribution in [3.8, 4) is 17.2 Å². The fourth-order valence-electron chi connectivity index (χ4n) is 2.78. The number of carbonyl (C=O) groups excluding carboxylic acids is 1. The first kappa shape index (κ1) is 21.5. The molecule has 9 heteroatoms. The summed E-state index contributed by atoms with van der Waals surface area (Å²) in [6, 6.07) is 15.7. The van der Waals surface area contributed by atoms with E-state index in [1.54, 1.807) is 36.4 Å². The highest BCUT2D eigenvalue weighted by Crippen LogP contribution is 2.32. The van der Waals surface area contributed by atoms with Crippen molar-refractivity contribution in [3.63, 3.8) is 0 Å². The summed E-state index contributed by atoms with van der Waals surface area (Å²) >= 11 is 15.6. The number of hydrogen-bond acceptors (Lipinski definition) is 5. The van der Waals surface area contributed by atoms with E-state index in [9.17, 15) is 4.79 Å². The minimum absolute atomic E-state index is 0.153. The molecule has 0 aromatic heterocycles. The molecule has 4 rings (SSSR count). The van der Waals surface area contributed by atoms with Gasteiger partial charge in [-0.3, -0.25) is 4.79 Å². The SMILES string of the molecule is O=C(N/N=C\c1ccc(OCc2ccc(Cl)cc2Cl)c(Br)c1)c1ccc2c(c1)OCO2. The largest absolute Gasteiger partial charge is 0.488 e. The van der Waals surface area contributed by atoms with E-state index in [1.807, 2.05) is 18.2 Å². The Morgan fingerprint density at radius 3 is 2.74 bits per heavy atom. The summed E-state index contributed by atoms with van der Waals surface area (Å²) in [5.41, 5.74) is 4.52. The predicted octanol–water partition coefficient (Wildman–Crippen LogP) is 5.83. The topological polar surface area (TPSA) is 69.2 Å². The van der Waals surface area contributed by atoms with Gasteiger partial charge in [-0.15, -0.1) is 0 Å². The molecular formula is C22H15BrCl2N2O4. The third-order valence-electron chi connectivity index (χ3n) is 4.37. The summed E-state index contributed by atoms with van der Waals surface area (Å²) in [7, 11) is 0. The van der Waals surface area contributed by atoms with Gasteiger partial charge in [0.05, 0.1) is 10.7 Å². The fraction of sp³-hybridized carbons (Fsp3) is 0.0909. The maximum absolute atomic E-state index is 12.3. The van der Waals surface area contributed by atoms with E-state index >= 15 is 0 Å². The van der Waals surface area contributed by atoms with Gasteiger partial charge in [-0.2, -0.15) is 5.10 Å². The monoisotopic (exact) mass is 520 g/mol. The zero-order valence-electron chi connectivity index (χ0n) is 15.9. The van der Waals surface area contributed by atoms with Gasteiger partial charge >= 0.3 is 0 Å². The first-order chi connectivity index (χ1) is 15.0. The smallest absolute Gasteiger partial charge is 0.271 e. The number of nitrogens with zero attached hydrogens (tertiary/aromatic N) is 1. The molecule has 31 heavy (non-hydrogen) atoms. The molecule has 0 spiro atoms. The van der Waals surface area contributed by atoms with E-state index in [-0.39, 0.29) is 12.7 Å². The highest BCUT2D eigenvalue weighted by atomic mass is 79.9. The van der Waals surface area contributed by atoms with Crippen molar-refractivity contribution in [1.82, 2.24) is 5.43 Å². The molecule has 3 aromatic rings. The lowest BCUT2D eigenvalue weighted by Crippen LogP contribution is -2.17. The summed E-state index contributed by atoms with van der Waals surface area (Å²) in [6.07, 6.45) is 1.54. The molecule has 1 amide bonds. The number of hydrazone groups is 1. The van der Waals surface area contributed by atoms with Crippen LogP contribution in [0.1, 0.15) is 21.5 Å². The normalized spacial score (nSPS) is 12.2. The molecule has 6 nitrogen and oxygen atoms in total. The van der Waals surface area contributed by atoms with Gasteiger partial charge < -0.3 is 14.2 Å². The molecule has 0 saturated heterocycles. The number of ether oxygens (including phenoxy) is 3. The van der Waals surface area contributed by atoms with Crippen molar-refractivity contribution < 1.29 is 19.0 Å². The Bertz CT molecular complexity index is 1170. The second kappa shape index (κ2) is 9.60. The van der Waals surface area contributed by atoms with Crippen LogP contribution in [0.15, 0.2) is 64.2 Å². The van der Waals surface area contributed by atoms with Gasteiger partial charge in [0.1, 0.15) is 12.4 Å². The molecule has 0 radical (unpaired) electrons. The first-order valence-corrected chi connectivity index (χ1v) is 10.6. The van der Waals surface area contributed by atoms with Crippen molar-refractivity contribution in [2.24, 2.45) is 5.10 Å². The zero-order chi connectivity index (χ0) is 21.8. The van der Waals surface area contributed by atoms with Gasteiger partial charge in [-0.1, -0.05) is 29.3 Å². The van der Waals surface area contributed by atoms with Crippen LogP contribution in [-0.2, 0) is 6.61 Å². The minimum atomic E-state index is -0.353. The van der Waals surface area contributed by atoms with Crippen LogP contribution in [0.4, 0.5) is 0 Å². The lowest BCUT2D eigenvalue weighted by molar-refractivity contribution is 0.0954. The van der Waals surface area contributed by atoms with Crippen LogP contribution in [0.2, 0.25) is 10.0 Å². The standard InChI is InChI=1S/C22H15BrCl2N2O4/c23-17-7-13(1-5-19(17)29-11-15-2-4-16(24)9-18(15)25)10-26-27-22(28)14-3-6-20-21(8-14)31-12-30-20/h1-10H,11-12H2,(H,27,28)/b26-10-. The number of fused-ring (bicyclic) bond motifs is 1. The summed E-state index contributed by atoms with van der Waals surface area (Å²) < 4.78 is 17.1. The Labute approximate surface area is 196 Å². The second-order valence-electron chi connectivity index (χ2n) is 6.48. The lowest BCUT2D eigenvalue weighted by atomic mass is 10.2. The van der Waals surface area contributed by atoms with E-state index < -0.39 is 0 Å². The quantitative estimate of drug-likeness (QED) is 0.327. The highest BCUT2D eigenvalue weighted by molar-refractivity contribution is 9.10. The number of nitrogens with one attached hydrogen (secondary N) is 1. The Hall–Kier alpha value is -2.74. The van der Waals surface area contributed by atoms with E-state index in [4.69, 9.17) is 37.4 Å². The minimum Gasteiger partial charge on any atom is -0.488 e. The van der Waals surface area contributed by atoms with Crippen molar-refractivity contribution in [1.29, 1.82) is 0 Å². The third kappa shape index (κ3) is 5.31. The average molecular weight is 522 g/mol. The van der Waals surface area contributed by atoms with E-state index in [0.717, 1.165) is 15.6 Å². The maximum Gasteiger partial charge on any atom is 0.271 e. The van der Waals surface area contributed by atoms with E-state index in [2.05, 4.69) is 26.5 Å². The molecule has 1 aliphatic rings. The summed E-state index contributed by atoms with van der Waals surface area (Å²) in [6.45, 7) is 0.452. The van der Waals surface area contributed by atoms with E-state index in [1.165, 1.54) is 6.21 Å². The Morgan fingerprint density at radius 1 is 1.10 bits per heavy atom. The van der Waals surface area contributed by atoms with Gasteiger partial charge in [-0.05, 0) is 70.0 Å². The number of hydrogen-bond donors (Lipinski definition) is 1. The molecule has 1 heterocycles. The van der Waals surface area contributed by atoms with Gasteiger partial charge in [-0.25, -0.2) is 5.43 Å². The first-order valence-electron chi connectivity index (χ1n) is 9.09. The van der Waals surface area contributed by atoms with Crippen LogP contribution in [0.5, 0.6) is 17.2 Å². The molecule has 1 aliphatic heterocycles. The van der Waals surface area contributed by atoms with Gasteiger partial charge in [0, 0.05) is 21.2 Å². The lowest BCUT2D eigenvalue weighted by Gasteiger charge is -2.10. The van der Waals surface area contributed by atoms with Crippen LogP contribution in [0, 0.1) is 0 Å². The number of rotatable bonds is 6. The summed E-state index contributed by atoms with van der Waals surface area (Å²) in [5, 5.41) is 5.13. The average Bonchev–Trinajstić information content (AvgIpc) is 3.22. The molecule has 0 bridgehead atoms. The van der Waals surface area contributed by atoms with Crippen LogP contribution >= 0.6 is 39.1 Å². The highest BCUT2D eigenvalue weighted by Gasteiger charge is 2.15. The second-order valence-corrected chi connectivity index (χ2v) is 8.18. The number of amides is 1. The third-order valence-corrected chi connectivity index (χ3v) is 5.58.